The fraction of sp³-hybridized carbons (Fsp3) is 0.647. The van der Waals surface area contributed by atoms with Crippen molar-refractivity contribution in [2.75, 3.05) is 38.2 Å². The molecule has 1 saturated heterocycles. The highest BCUT2D eigenvalue weighted by Crippen LogP contribution is 2.21. The average molecular weight is 369 g/mol. The molecular weight excluding hydrogens is 344 g/mol. The van der Waals surface area contributed by atoms with Gasteiger partial charge in [0.25, 0.3) is 5.91 Å². The topological polar surface area (TPSA) is 75.6 Å². The molecule has 7 nitrogen and oxygen atoms in total. The van der Waals surface area contributed by atoms with Gasteiger partial charge < -0.3 is 14.5 Å². The minimum Gasteiger partial charge on any atom is -0.469 e. The zero-order valence-corrected chi connectivity index (χ0v) is 15.8. The van der Waals surface area contributed by atoms with Crippen molar-refractivity contribution in [3.8, 4) is 0 Å². The van der Waals surface area contributed by atoms with Gasteiger partial charge in [0, 0.05) is 26.2 Å². The molecule has 1 fully saturated rings. The van der Waals surface area contributed by atoms with Crippen molar-refractivity contribution in [2.45, 2.75) is 33.1 Å². The van der Waals surface area contributed by atoms with E-state index >= 15 is 0 Å². The van der Waals surface area contributed by atoms with Crippen molar-refractivity contribution in [3.63, 3.8) is 0 Å². The number of hydrogen-bond donors (Lipinski definition) is 0. The van der Waals surface area contributed by atoms with E-state index in [1.165, 1.54) is 13.3 Å². The number of hydrogen-bond acceptors (Lipinski definition) is 6. The molecule has 0 atom stereocenters. The molecule has 0 spiro atoms. The maximum atomic E-state index is 12.9. The Morgan fingerprint density at radius 2 is 2.04 bits per heavy atom. The van der Waals surface area contributed by atoms with Crippen LogP contribution < -0.4 is 4.90 Å². The average Bonchev–Trinajstić information content (AvgIpc) is 3.12. The number of rotatable bonds is 7. The van der Waals surface area contributed by atoms with Gasteiger partial charge in [0.15, 0.2) is 5.69 Å². The number of carbonyl (C=O) groups is 2. The van der Waals surface area contributed by atoms with E-state index in [-0.39, 0.29) is 41.5 Å². The van der Waals surface area contributed by atoms with Gasteiger partial charge in [-0.1, -0.05) is 25.4 Å². The largest absolute Gasteiger partial charge is 0.469 e. The van der Waals surface area contributed by atoms with Gasteiger partial charge in [0.05, 0.1) is 24.8 Å². The van der Waals surface area contributed by atoms with Crippen LogP contribution in [0.1, 0.15) is 43.6 Å². The number of anilines is 1. The summed E-state index contributed by atoms with van der Waals surface area (Å²) in [5, 5.41) is 0.222. The van der Waals surface area contributed by atoms with E-state index < -0.39 is 0 Å². The van der Waals surface area contributed by atoms with Gasteiger partial charge >= 0.3 is 5.97 Å². The standard InChI is InChI=1S/C17H25ClN4O3/c1-12(2)11-22(9-6-14(23)25-3)16(24)15-13(18)10-19-17(20-15)21-7-4-5-8-21/h10,12H,4-9,11H2,1-3H3. The van der Waals surface area contributed by atoms with Crippen molar-refractivity contribution < 1.29 is 14.3 Å². The van der Waals surface area contributed by atoms with Crippen LogP contribution in [-0.2, 0) is 9.53 Å². The molecule has 0 aromatic carbocycles. The number of aromatic nitrogens is 2. The second-order valence-electron chi connectivity index (χ2n) is 6.53. The molecule has 1 aliphatic rings. The Morgan fingerprint density at radius 1 is 1.36 bits per heavy atom. The quantitative estimate of drug-likeness (QED) is 0.688. The Kier molecular flexibility index (Phi) is 6.99. The first-order chi connectivity index (χ1) is 11.9. The minimum atomic E-state index is -0.354. The molecule has 0 bridgehead atoms. The van der Waals surface area contributed by atoms with Gasteiger partial charge in [-0.05, 0) is 18.8 Å². The number of carbonyl (C=O) groups excluding carboxylic acids is 2. The van der Waals surface area contributed by atoms with Gasteiger partial charge in [-0.3, -0.25) is 9.59 Å². The van der Waals surface area contributed by atoms with Crippen LogP contribution in [0, 0.1) is 5.92 Å². The van der Waals surface area contributed by atoms with Crippen molar-refractivity contribution in [1.29, 1.82) is 0 Å². The lowest BCUT2D eigenvalue weighted by Gasteiger charge is -2.25. The van der Waals surface area contributed by atoms with E-state index in [1.54, 1.807) is 4.90 Å². The number of nitrogens with zero attached hydrogens (tertiary/aromatic N) is 4. The summed E-state index contributed by atoms with van der Waals surface area (Å²) < 4.78 is 4.67. The predicted octanol–water partition coefficient (Wildman–Crippen LogP) is 2.39. The molecule has 138 valence electrons. The minimum absolute atomic E-state index is 0.136. The molecule has 0 radical (unpaired) electrons. The first-order valence-corrected chi connectivity index (χ1v) is 8.93. The Morgan fingerprint density at radius 3 is 2.64 bits per heavy atom. The van der Waals surface area contributed by atoms with E-state index in [0.29, 0.717) is 12.5 Å². The van der Waals surface area contributed by atoms with Crippen LogP contribution in [0.15, 0.2) is 6.20 Å². The molecule has 0 saturated carbocycles. The van der Waals surface area contributed by atoms with E-state index in [2.05, 4.69) is 14.7 Å². The Balaban J connectivity index is 2.20. The van der Waals surface area contributed by atoms with Crippen molar-refractivity contribution in [3.05, 3.63) is 16.9 Å². The summed E-state index contributed by atoms with van der Waals surface area (Å²) in [6.07, 6.45) is 3.79. The zero-order valence-electron chi connectivity index (χ0n) is 15.0. The maximum Gasteiger partial charge on any atom is 0.307 e. The zero-order chi connectivity index (χ0) is 18.4. The molecule has 25 heavy (non-hydrogen) atoms. The monoisotopic (exact) mass is 368 g/mol. The number of ether oxygens (including phenoxy) is 1. The number of amides is 1. The highest BCUT2D eigenvalue weighted by molar-refractivity contribution is 6.33. The molecule has 0 N–H and O–H groups in total. The van der Waals surface area contributed by atoms with Crippen LogP contribution in [0.2, 0.25) is 5.02 Å². The van der Waals surface area contributed by atoms with Crippen molar-refractivity contribution in [1.82, 2.24) is 14.9 Å². The third kappa shape index (κ3) is 5.29. The lowest BCUT2D eigenvalue weighted by atomic mass is 10.2. The molecule has 0 unspecified atom stereocenters. The van der Waals surface area contributed by atoms with Gasteiger partial charge in [0.1, 0.15) is 0 Å². The Hall–Kier alpha value is -1.89. The smallest absolute Gasteiger partial charge is 0.307 e. The SMILES string of the molecule is COC(=O)CCN(CC(C)C)C(=O)c1nc(N2CCCC2)ncc1Cl. The van der Waals surface area contributed by atoms with E-state index in [9.17, 15) is 9.59 Å². The number of methoxy groups -OCH3 is 1. The van der Waals surface area contributed by atoms with Gasteiger partial charge in [0.2, 0.25) is 5.95 Å². The van der Waals surface area contributed by atoms with Crippen molar-refractivity contribution in [2.24, 2.45) is 5.92 Å². The fourth-order valence-corrected chi connectivity index (χ4v) is 2.94. The van der Waals surface area contributed by atoms with E-state index in [4.69, 9.17) is 11.6 Å². The molecule has 1 aromatic heterocycles. The normalized spacial score (nSPS) is 14.0. The fourth-order valence-electron chi connectivity index (χ4n) is 2.77. The molecule has 1 aromatic rings. The van der Waals surface area contributed by atoms with E-state index in [1.807, 2.05) is 18.7 Å². The van der Waals surface area contributed by atoms with Crippen LogP contribution in [0.5, 0.6) is 0 Å². The summed E-state index contributed by atoms with van der Waals surface area (Å²) in [6.45, 7) is 6.56. The molecule has 1 aliphatic heterocycles. The summed E-state index contributed by atoms with van der Waals surface area (Å²) in [6, 6.07) is 0. The molecular formula is C17H25ClN4O3. The summed E-state index contributed by atoms with van der Waals surface area (Å²) in [4.78, 5) is 36.7. The first kappa shape index (κ1) is 19.4. The number of halogens is 1. The van der Waals surface area contributed by atoms with Gasteiger partial charge in [-0.15, -0.1) is 0 Å². The molecule has 2 rings (SSSR count). The van der Waals surface area contributed by atoms with Crippen LogP contribution in [0.4, 0.5) is 5.95 Å². The van der Waals surface area contributed by atoms with Crippen LogP contribution in [0.3, 0.4) is 0 Å². The first-order valence-electron chi connectivity index (χ1n) is 8.56. The Bertz CT molecular complexity index is 618. The second-order valence-corrected chi connectivity index (χ2v) is 6.94. The lowest BCUT2D eigenvalue weighted by Crippen LogP contribution is -2.37. The lowest BCUT2D eigenvalue weighted by molar-refractivity contribution is -0.140. The maximum absolute atomic E-state index is 12.9. The Labute approximate surface area is 153 Å². The summed E-state index contributed by atoms with van der Waals surface area (Å²) in [7, 11) is 1.33. The highest BCUT2D eigenvalue weighted by atomic mass is 35.5. The van der Waals surface area contributed by atoms with Gasteiger partial charge in [-0.2, -0.15) is 0 Å². The second kappa shape index (κ2) is 8.99. The third-order valence-corrected chi connectivity index (χ3v) is 4.29. The van der Waals surface area contributed by atoms with Gasteiger partial charge in [-0.25, -0.2) is 9.97 Å². The molecule has 2 heterocycles. The number of esters is 1. The molecule has 8 heteroatoms. The summed E-state index contributed by atoms with van der Waals surface area (Å²) in [5.41, 5.74) is 0.184. The predicted molar refractivity (Wildman–Crippen MR) is 95.9 cm³/mol. The van der Waals surface area contributed by atoms with Crippen LogP contribution >= 0.6 is 11.6 Å². The van der Waals surface area contributed by atoms with Crippen LogP contribution in [-0.4, -0.2) is 60.0 Å². The van der Waals surface area contributed by atoms with Crippen LogP contribution in [0.25, 0.3) is 0 Å². The molecule has 0 aliphatic carbocycles. The molecule has 1 amide bonds. The highest BCUT2D eigenvalue weighted by Gasteiger charge is 2.24. The van der Waals surface area contributed by atoms with Crippen molar-refractivity contribution >= 4 is 29.4 Å². The third-order valence-electron chi connectivity index (χ3n) is 4.01. The summed E-state index contributed by atoms with van der Waals surface area (Å²) >= 11 is 6.19. The van der Waals surface area contributed by atoms with E-state index in [0.717, 1.165) is 25.9 Å². The summed E-state index contributed by atoms with van der Waals surface area (Å²) in [5.74, 6) is 0.140.